The fraction of sp³-hybridized carbons (Fsp3) is 0.421. The summed E-state index contributed by atoms with van der Waals surface area (Å²) in [6.45, 7) is 2.10. The molecule has 5 nitrogen and oxygen atoms in total. The SMILES string of the molecule is CCc1ccc(NC(=O)CC2CSc3nc4c(c(=O)n32)CCC4)cc1. The molecule has 0 radical (unpaired) electrons. The number of aryl methyl sites for hydroxylation is 2. The summed E-state index contributed by atoms with van der Waals surface area (Å²) in [5.41, 5.74) is 3.92. The summed E-state index contributed by atoms with van der Waals surface area (Å²) in [6.07, 6.45) is 4.00. The van der Waals surface area contributed by atoms with Crippen molar-refractivity contribution in [2.24, 2.45) is 0 Å². The zero-order chi connectivity index (χ0) is 17.4. The second kappa shape index (κ2) is 6.67. The van der Waals surface area contributed by atoms with E-state index in [-0.39, 0.29) is 17.5 Å². The van der Waals surface area contributed by atoms with Crippen LogP contribution in [0.15, 0.2) is 34.2 Å². The molecule has 0 spiro atoms. The van der Waals surface area contributed by atoms with Gasteiger partial charge in [0, 0.05) is 23.4 Å². The van der Waals surface area contributed by atoms with Crippen molar-refractivity contribution in [3.8, 4) is 0 Å². The summed E-state index contributed by atoms with van der Waals surface area (Å²) in [6, 6.07) is 7.78. The molecule has 130 valence electrons. The van der Waals surface area contributed by atoms with E-state index >= 15 is 0 Å². The van der Waals surface area contributed by atoms with Gasteiger partial charge in [-0.15, -0.1) is 0 Å². The number of rotatable bonds is 4. The van der Waals surface area contributed by atoms with Crippen LogP contribution in [0.5, 0.6) is 0 Å². The van der Waals surface area contributed by atoms with Crippen molar-refractivity contribution in [3.05, 3.63) is 51.4 Å². The maximum absolute atomic E-state index is 12.8. The molecule has 0 saturated carbocycles. The number of nitrogens with one attached hydrogen (secondary N) is 1. The van der Waals surface area contributed by atoms with Crippen LogP contribution in [0.25, 0.3) is 0 Å². The van der Waals surface area contributed by atoms with E-state index in [0.29, 0.717) is 6.42 Å². The minimum atomic E-state index is -0.110. The van der Waals surface area contributed by atoms with Crippen molar-refractivity contribution in [2.75, 3.05) is 11.1 Å². The lowest BCUT2D eigenvalue weighted by Crippen LogP contribution is -2.30. The number of carbonyl (C=O) groups is 1. The molecule has 0 saturated heterocycles. The van der Waals surface area contributed by atoms with E-state index in [1.54, 1.807) is 16.3 Å². The fourth-order valence-electron chi connectivity index (χ4n) is 3.55. The topological polar surface area (TPSA) is 64.0 Å². The highest BCUT2D eigenvalue weighted by Gasteiger charge is 2.31. The van der Waals surface area contributed by atoms with Crippen LogP contribution in [0, 0.1) is 0 Å². The van der Waals surface area contributed by atoms with Crippen molar-refractivity contribution < 1.29 is 4.79 Å². The first-order chi connectivity index (χ1) is 12.2. The summed E-state index contributed by atoms with van der Waals surface area (Å²) in [5, 5.41) is 3.71. The van der Waals surface area contributed by atoms with Gasteiger partial charge in [0.15, 0.2) is 5.16 Å². The van der Waals surface area contributed by atoms with E-state index in [4.69, 9.17) is 0 Å². The summed E-state index contributed by atoms with van der Waals surface area (Å²) in [5.74, 6) is 0.669. The van der Waals surface area contributed by atoms with Crippen LogP contribution in [0.2, 0.25) is 0 Å². The maximum atomic E-state index is 12.8. The number of amides is 1. The smallest absolute Gasteiger partial charge is 0.257 e. The normalized spacial score (nSPS) is 18.0. The summed E-state index contributed by atoms with van der Waals surface area (Å²) >= 11 is 1.58. The lowest BCUT2D eigenvalue weighted by molar-refractivity contribution is -0.116. The molecule has 4 rings (SSSR count). The number of hydrogen-bond donors (Lipinski definition) is 1. The Hall–Kier alpha value is -2.08. The molecule has 1 aliphatic heterocycles. The van der Waals surface area contributed by atoms with Crippen LogP contribution < -0.4 is 10.9 Å². The van der Waals surface area contributed by atoms with E-state index in [2.05, 4.69) is 17.2 Å². The van der Waals surface area contributed by atoms with Crippen LogP contribution >= 0.6 is 11.8 Å². The largest absolute Gasteiger partial charge is 0.326 e. The summed E-state index contributed by atoms with van der Waals surface area (Å²) in [4.78, 5) is 29.8. The highest BCUT2D eigenvalue weighted by Crippen LogP contribution is 2.34. The second-order valence-electron chi connectivity index (χ2n) is 6.62. The lowest BCUT2D eigenvalue weighted by atomic mass is 10.1. The molecule has 1 amide bonds. The molecular formula is C19H21N3O2S. The summed E-state index contributed by atoms with van der Waals surface area (Å²) in [7, 11) is 0. The molecular weight excluding hydrogens is 334 g/mol. The van der Waals surface area contributed by atoms with Crippen molar-refractivity contribution in [1.29, 1.82) is 0 Å². The van der Waals surface area contributed by atoms with Gasteiger partial charge in [-0.1, -0.05) is 30.8 Å². The monoisotopic (exact) mass is 355 g/mol. The van der Waals surface area contributed by atoms with E-state index in [0.717, 1.165) is 53.5 Å². The van der Waals surface area contributed by atoms with Gasteiger partial charge in [-0.05, 0) is 43.4 Å². The molecule has 0 bridgehead atoms. The van der Waals surface area contributed by atoms with Crippen LogP contribution in [-0.2, 0) is 24.1 Å². The Morgan fingerprint density at radius 3 is 2.88 bits per heavy atom. The summed E-state index contributed by atoms with van der Waals surface area (Å²) < 4.78 is 1.74. The minimum Gasteiger partial charge on any atom is -0.326 e. The number of anilines is 1. The number of carbonyl (C=O) groups excluding carboxylic acids is 1. The van der Waals surface area contributed by atoms with Gasteiger partial charge >= 0.3 is 0 Å². The van der Waals surface area contributed by atoms with Crippen LogP contribution in [-0.4, -0.2) is 21.2 Å². The van der Waals surface area contributed by atoms with Gasteiger partial charge in [0.25, 0.3) is 5.56 Å². The van der Waals surface area contributed by atoms with E-state index in [9.17, 15) is 9.59 Å². The van der Waals surface area contributed by atoms with Gasteiger partial charge < -0.3 is 5.32 Å². The maximum Gasteiger partial charge on any atom is 0.257 e. The zero-order valence-electron chi connectivity index (χ0n) is 14.2. The van der Waals surface area contributed by atoms with Gasteiger partial charge in [-0.3, -0.25) is 14.2 Å². The van der Waals surface area contributed by atoms with Crippen LogP contribution in [0.1, 0.15) is 42.6 Å². The quantitative estimate of drug-likeness (QED) is 0.857. The van der Waals surface area contributed by atoms with Crippen molar-refractivity contribution in [1.82, 2.24) is 9.55 Å². The van der Waals surface area contributed by atoms with Crippen molar-refractivity contribution >= 4 is 23.4 Å². The van der Waals surface area contributed by atoms with Gasteiger partial charge in [0.05, 0.1) is 11.7 Å². The Morgan fingerprint density at radius 1 is 1.32 bits per heavy atom. The highest BCUT2D eigenvalue weighted by molar-refractivity contribution is 7.99. The first kappa shape index (κ1) is 16.4. The Morgan fingerprint density at radius 2 is 2.12 bits per heavy atom. The van der Waals surface area contributed by atoms with Crippen molar-refractivity contribution in [2.45, 2.75) is 50.2 Å². The second-order valence-corrected chi connectivity index (χ2v) is 7.60. The average molecular weight is 355 g/mol. The molecule has 2 heterocycles. The van der Waals surface area contributed by atoms with E-state index in [1.165, 1.54) is 5.56 Å². The predicted octanol–water partition coefficient (Wildman–Crippen LogP) is 2.97. The molecule has 2 aromatic rings. The molecule has 1 atom stereocenters. The van der Waals surface area contributed by atoms with E-state index < -0.39 is 0 Å². The first-order valence-corrected chi connectivity index (χ1v) is 9.80. The Kier molecular flexibility index (Phi) is 4.37. The predicted molar refractivity (Wildman–Crippen MR) is 99.3 cm³/mol. The lowest BCUT2D eigenvalue weighted by Gasteiger charge is -2.14. The number of hydrogen-bond acceptors (Lipinski definition) is 4. The zero-order valence-corrected chi connectivity index (χ0v) is 15.1. The molecule has 1 aliphatic carbocycles. The molecule has 1 aromatic carbocycles. The Bertz CT molecular complexity index is 873. The molecule has 25 heavy (non-hydrogen) atoms. The standard InChI is InChI=1S/C19H21N3O2S/c1-2-12-6-8-13(9-7-12)20-17(23)10-14-11-25-19-21-16-5-3-4-15(16)18(24)22(14)19/h6-9,14H,2-5,10-11H2,1H3,(H,20,23). The minimum absolute atomic E-state index is 0.0601. The van der Waals surface area contributed by atoms with Gasteiger partial charge in [-0.2, -0.15) is 0 Å². The third-order valence-electron chi connectivity index (χ3n) is 4.94. The van der Waals surface area contributed by atoms with E-state index in [1.807, 2.05) is 24.3 Å². The van der Waals surface area contributed by atoms with Gasteiger partial charge in [-0.25, -0.2) is 4.98 Å². The Balaban J connectivity index is 1.49. The van der Waals surface area contributed by atoms with Gasteiger partial charge in [0.1, 0.15) is 0 Å². The third-order valence-corrected chi connectivity index (χ3v) is 6.04. The van der Waals surface area contributed by atoms with Gasteiger partial charge in [0.2, 0.25) is 5.91 Å². The molecule has 2 aliphatic rings. The number of fused-ring (bicyclic) bond motifs is 2. The molecule has 0 fully saturated rings. The fourth-order valence-corrected chi connectivity index (χ4v) is 4.71. The van der Waals surface area contributed by atoms with Crippen LogP contribution in [0.3, 0.4) is 0 Å². The number of thioether (sulfide) groups is 1. The number of aromatic nitrogens is 2. The number of nitrogens with zero attached hydrogens (tertiary/aromatic N) is 2. The third kappa shape index (κ3) is 3.11. The highest BCUT2D eigenvalue weighted by atomic mass is 32.2. The molecule has 1 unspecified atom stereocenters. The first-order valence-electron chi connectivity index (χ1n) is 8.81. The number of benzene rings is 1. The van der Waals surface area contributed by atoms with Crippen molar-refractivity contribution in [3.63, 3.8) is 0 Å². The Labute approximate surface area is 150 Å². The molecule has 6 heteroatoms. The molecule has 1 aromatic heterocycles. The van der Waals surface area contributed by atoms with Crippen LogP contribution in [0.4, 0.5) is 5.69 Å². The average Bonchev–Trinajstić information content (AvgIpc) is 3.23. The molecule has 1 N–H and O–H groups in total.